The van der Waals surface area contributed by atoms with E-state index in [9.17, 15) is 19.5 Å². The number of nitrogens with zero attached hydrogens (tertiary/aromatic N) is 2. The van der Waals surface area contributed by atoms with E-state index in [-0.39, 0.29) is 17.7 Å². The molecule has 0 spiro atoms. The summed E-state index contributed by atoms with van der Waals surface area (Å²) in [4.78, 5) is 40.9. The zero-order chi connectivity index (χ0) is 23.7. The van der Waals surface area contributed by atoms with Gasteiger partial charge in [-0.2, -0.15) is 0 Å². The Morgan fingerprint density at radius 1 is 0.912 bits per heavy atom. The van der Waals surface area contributed by atoms with E-state index in [1.54, 1.807) is 9.80 Å². The SMILES string of the molecule is O=C(CC1CCC1)Nc1cccc(-c2ccc(C(=O)N3CCN(C(=O)C4(O)CC4)CC3)cc2)c1. The van der Waals surface area contributed by atoms with E-state index in [2.05, 4.69) is 5.32 Å². The summed E-state index contributed by atoms with van der Waals surface area (Å²) in [6.45, 7) is 1.82. The Bertz CT molecular complexity index is 1080. The van der Waals surface area contributed by atoms with Crippen LogP contribution in [0.5, 0.6) is 0 Å². The Kier molecular flexibility index (Phi) is 6.13. The van der Waals surface area contributed by atoms with Crippen molar-refractivity contribution in [2.24, 2.45) is 5.92 Å². The molecule has 5 rings (SSSR count). The van der Waals surface area contributed by atoms with Gasteiger partial charge in [-0.3, -0.25) is 14.4 Å². The first-order valence-corrected chi connectivity index (χ1v) is 12.2. The molecule has 178 valence electrons. The van der Waals surface area contributed by atoms with Crippen molar-refractivity contribution >= 4 is 23.4 Å². The number of rotatable bonds is 6. The smallest absolute Gasteiger partial charge is 0.254 e. The van der Waals surface area contributed by atoms with Crippen LogP contribution in [0.4, 0.5) is 5.69 Å². The van der Waals surface area contributed by atoms with Crippen molar-refractivity contribution in [3.63, 3.8) is 0 Å². The van der Waals surface area contributed by atoms with E-state index in [4.69, 9.17) is 0 Å². The molecule has 34 heavy (non-hydrogen) atoms. The zero-order valence-corrected chi connectivity index (χ0v) is 19.3. The zero-order valence-electron chi connectivity index (χ0n) is 19.3. The fourth-order valence-electron chi connectivity index (χ4n) is 4.67. The largest absolute Gasteiger partial charge is 0.380 e. The molecule has 0 unspecified atom stereocenters. The maximum atomic E-state index is 13.0. The molecule has 0 bridgehead atoms. The molecular formula is C27H31N3O4. The third-order valence-electron chi connectivity index (χ3n) is 7.29. The highest BCUT2D eigenvalue weighted by Crippen LogP contribution is 2.37. The summed E-state index contributed by atoms with van der Waals surface area (Å²) >= 11 is 0. The average Bonchev–Trinajstić information content (AvgIpc) is 3.59. The first-order chi connectivity index (χ1) is 16.4. The van der Waals surface area contributed by atoms with Crippen LogP contribution >= 0.6 is 0 Å². The number of amides is 3. The Morgan fingerprint density at radius 3 is 2.21 bits per heavy atom. The highest BCUT2D eigenvalue weighted by molar-refractivity contribution is 5.95. The summed E-state index contributed by atoms with van der Waals surface area (Å²) in [7, 11) is 0. The lowest BCUT2D eigenvalue weighted by atomic mass is 9.83. The van der Waals surface area contributed by atoms with Crippen LogP contribution in [-0.4, -0.2) is 64.4 Å². The Morgan fingerprint density at radius 2 is 1.59 bits per heavy atom. The number of anilines is 1. The summed E-state index contributed by atoms with van der Waals surface area (Å²) in [6, 6.07) is 15.3. The topological polar surface area (TPSA) is 90.0 Å². The van der Waals surface area contributed by atoms with Gasteiger partial charge >= 0.3 is 0 Å². The Balaban J connectivity index is 1.18. The summed E-state index contributed by atoms with van der Waals surface area (Å²) < 4.78 is 0. The van der Waals surface area contributed by atoms with Gasteiger partial charge in [0.25, 0.3) is 11.8 Å². The van der Waals surface area contributed by atoms with Gasteiger partial charge in [-0.25, -0.2) is 0 Å². The van der Waals surface area contributed by atoms with E-state index in [0.717, 1.165) is 29.7 Å². The van der Waals surface area contributed by atoms with Crippen LogP contribution in [0.1, 0.15) is 48.9 Å². The second-order valence-corrected chi connectivity index (χ2v) is 9.82. The average molecular weight is 462 g/mol. The number of hydrogen-bond acceptors (Lipinski definition) is 4. The molecule has 7 heteroatoms. The van der Waals surface area contributed by atoms with E-state index in [1.807, 2.05) is 48.5 Å². The fraction of sp³-hybridized carbons (Fsp3) is 0.444. The van der Waals surface area contributed by atoms with Crippen molar-refractivity contribution in [2.45, 2.75) is 44.1 Å². The van der Waals surface area contributed by atoms with Crippen molar-refractivity contribution in [1.82, 2.24) is 9.80 Å². The molecule has 0 aromatic heterocycles. The molecule has 2 aromatic rings. The quantitative estimate of drug-likeness (QED) is 0.691. The van der Waals surface area contributed by atoms with E-state index >= 15 is 0 Å². The molecule has 2 aliphatic carbocycles. The van der Waals surface area contributed by atoms with Gasteiger partial charge in [0.1, 0.15) is 5.60 Å². The highest BCUT2D eigenvalue weighted by Gasteiger charge is 2.50. The lowest BCUT2D eigenvalue weighted by Gasteiger charge is -2.35. The van der Waals surface area contributed by atoms with Crippen molar-refractivity contribution in [3.05, 3.63) is 54.1 Å². The minimum Gasteiger partial charge on any atom is -0.380 e. The van der Waals surface area contributed by atoms with Gasteiger partial charge in [0, 0.05) is 43.9 Å². The lowest BCUT2D eigenvalue weighted by Crippen LogP contribution is -2.53. The molecule has 0 atom stereocenters. The van der Waals surface area contributed by atoms with Crippen molar-refractivity contribution in [3.8, 4) is 11.1 Å². The van der Waals surface area contributed by atoms with Crippen molar-refractivity contribution in [1.29, 1.82) is 0 Å². The monoisotopic (exact) mass is 461 g/mol. The number of carbonyl (C=O) groups is 3. The number of aliphatic hydroxyl groups is 1. The number of benzene rings is 2. The Hall–Kier alpha value is -3.19. The van der Waals surface area contributed by atoms with Crippen LogP contribution < -0.4 is 5.32 Å². The molecule has 2 saturated carbocycles. The molecule has 1 aliphatic heterocycles. The third kappa shape index (κ3) is 4.85. The van der Waals surface area contributed by atoms with Gasteiger partial charge in [0.05, 0.1) is 0 Å². The highest BCUT2D eigenvalue weighted by atomic mass is 16.3. The van der Waals surface area contributed by atoms with E-state index < -0.39 is 5.60 Å². The molecule has 2 N–H and O–H groups in total. The van der Waals surface area contributed by atoms with Crippen LogP contribution in [0.15, 0.2) is 48.5 Å². The molecule has 1 saturated heterocycles. The van der Waals surface area contributed by atoms with Crippen LogP contribution in [0, 0.1) is 5.92 Å². The second-order valence-electron chi connectivity index (χ2n) is 9.82. The minimum atomic E-state index is -1.15. The second kappa shape index (κ2) is 9.22. The normalized spacial score (nSPS) is 19.3. The minimum absolute atomic E-state index is 0.0548. The maximum Gasteiger partial charge on any atom is 0.254 e. The van der Waals surface area contributed by atoms with E-state index in [0.29, 0.717) is 56.9 Å². The molecule has 2 aromatic carbocycles. The van der Waals surface area contributed by atoms with Crippen LogP contribution in [0.25, 0.3) is 11.1 Å². The van der Waals surface area contributed by atoms with Gasteiger partial charge in [0.2, 0.25) is 5.91 Å². The summed E-state index contributed by atoms with van der Waals surface area (Å²) in [5.74, 6) is 0.336. The van der Waals surface area contributed by atoms with Gasteiger partial charge in [0.15, 0.2) is 0 Å². The van der Waals surface area contributed by atoms with Gasteiger partial charge in [-0.05, 0) is 67.0 Å². The number of carbonyl (C=O) groups excluding carboxylic acids is 3. The van der Waals surface area contributed by atoms with Gasteiger partial charge in [-0.1, -0.05) is 30.7 Å². The summed E-state index contributed by atoms with van der Waals surface area (Å²) in [5.41, 5.74) is 2.18. The van der Waals surface area contributed by atoms with Gasteiger partial charge < -0.3 is 20.2 Å². The first-order valence-electron chi connectivity index (χ1n) is 12.2. The number of hydrogen-bond donors (Lipinski definition) is 2. The fourth-order valence-corrected chi connectivity index (χ4v) is 4.67. The molecule has 1 heterocycles. The summed E-state index contributed by atoms with van der Waals surface area (Å²) in [6.07, 6.45) is 5.18. The molecule has 3 amide bonds. The predicted molar refractivity (Wildman–Crippen MR) is 129 cm³/mol. The molecule has 0 radical (unpaired) electrons. The molecule has 3 aliphatic rings. The standard InChI is InChI=1S/C27H31N3O4/c31-24(17-19-3-1-4-19)28-23-6-2-5-22(18-23)20-7-9-21(10-8-20)25(32)29-13-15-30(16-14-29)26(33)27(34)11-12-27/h2,5-10,18-19,34H,1,3-4,11-17H2,(H,28,31). The lowest BCUT2D eigenvalue weighted by molar-refractivity contribution is -0.143. The van der Waals surface area contributed by atoms with Crippen LogP contribution in [-0.2, 0) is 9.59 Å². The van der Waals surface area contributed by atoms with Crippen LogP contribution in [0.3, 0.4) is 0 Å². The van der Waals surface area contributed by atoms with Crippen LogP contribution in [0.2, 0.25) is 0 Å². The van der Waals surface area contributed by atoms with E-state index in [1.165, 1.54) is 6.42 Å². The Labute approximate surface area is 199 Å². The van der Waals surface area contributed by atoms with Crippen molar-refractivity contribution < 1.29 is 19.5 Å². The maximum absolute atomic E-state index is 13.0. The number of nitrogens with one attached hydrogen (secondary N) is 1. The summed E-state index contributed by atoms with van der Waals surface area (Å²) in [5, 5.41) is 13.0. The first kappa shape index (κ1) is 22.6. The number of piperazine rings is 1. The van der Waals surface area contributed by atoms with Gasteiger partial charge in [-0.15, -0.1) is 0 Å². The predicted octanol–water partition coefficient (Wildman–Crippen LogP) is 3.29. The van der Waals surface area contributed by atoms with Crippen molar-refractivity contribution in [2.75, 3.05) is 31.5 Å². The third-order valence-corrected chi connectivity index (χ3v) is 7.29. The molecule has 3 fully saturated rings. The molecule has 7 nitrogen and oxygen atoms in total. The molecular weight excluding hydrogens is 430 g/mol.